The van der Waals surface area contributed by atoms with Crippen molar-refractivity contribution in [3.05, 3.63) is 23.8 Å². The van der Waals surface area contributed by atoms with Crippen LogP contribution in [0.1, 0.15) is 18.9 Å². The summed E-state index contributed by atoms with van der Waals surface area (Å²) in [5.41, 5.74) is 1.24. The minimum atomic E-state index is 0.563. The number of benzene rings is 1. The maximum atomic E-state index is 5.88. The molecule has 4 nitrogen and oxygen atoms in total. The van der Waals surface area contributed by atoms with Gasteiger partial charge in [-0.3, -0.25) is 4.90 Å². The van der Waals surface area contributed by atoms with Gasteiger partial charge in [-0.25, -0.2) is 0 Å². The molecule has 1 aromatic rings. The molecule has 0 spiro atoms. The molecule has 104 valence electrons. The van der Waals surface area contributed by atoms with Gasteiger partial charge in [-0.15, -0.1) is 0 Å². The lowest BCUT2D eigenvalue weighted by Crippen LogP contribution is -2.48. The summed E-state index contributed by atoms with van der Waals surface area (Å²) in [6.45, 7) is 7.92. The summed E-state index contributed by atoms with van der Waals surface area (Å²) in [6.07, 6.45) is 0.957. The molecule has 0 aliphatic carbocycles. The number of rotatable bonds is 2. The van der Waals surface area contributed by atoms with E-state index in [2.05, 4.69) is 29.3 Å². The Kier molecular flexibility index (Phi) is 3.89. The molecule has 4 heteroatoms. The Morgan fingerprint density at radius 1 is 1.32 bits per heavy atom. The molecule has 1 atom stereocenters. The highest BCUT2D eigenvalue weighted by molar-refractivity contribution is 5.47. The van der Waals surface area contributed by atoms with E-state index < -0.39 is 0 Å². The first-order valence-corrected chi connectivity index (χ1v) is 7.16. The first kappa shape index (κ1) is 12.8. The highest BCUT2D eigenvalue weighted by Gasteiger charge is 2.19. The van der Waals surface area contributed by atoms with Crippen LogP contribution in [-0.2, 0) is 6.54 Å². The van der Waals surface area contributed by atoms with Crippen LogP contribution in [0, 0.1) is 0 Å². The molecule has 2 heterocycles. The molecule has 0 bridgehead atoms. The van der Waals surface area contributed by atoms with E-state index in [4.69, 9.17) is 9.47 Å². The third kappa shape index (κ3) is 3.01. The van der Waals surface area contributed by atoms with Crippen LogP contribution in [0.3, 0.4) is 0 Å². The van der Waals surface area contributed by atoms with Crippen LogP contribution in [0.2, 0.25) is 0 Å². The van der Waals surface area contributed by atoms with Crippen LogP contribution < -0.4 is 14.8 Å². The first-order chi connectivity index (χ1) is 9.33. The fourth-order valence-electron chi connectivity index (χ4n) is 2.78. The quantitative estimate of drug-likeness (QED) is 0.878. The van der Waals surface area contributed by atoms with E-state index >= 15 is 0 Å². The van der Waals surface area contributed by atoms with E-state index in [1.807, 2.05) is 6.07 Å². The van der Waals surface area contributed by atoms with E-state index in [-0.39, 0.29) is 0 Å². The third-order valence-corrected chi connectivity index (χ3v) is 3.70. The minimum absolute atomic E-state index is 0.563. The topological polar surface area (TPSA) is 33.7 Å². The zero-order valence-corrected chi connectivity index (χ0v) is 11.5. The molecule has 3 rings (SSSR count). The number of hydrogen-bond donors (Lipinski definition) is 1. The number of ether oxygens (including phenoxy) is 2. The van der Waals surface area contributed by atoms with E-state index in [0.29, 0.717) is 6.04 Å². The van der Waals surface area contributed by atoms with Gasteiger partial charge in [0, 0.05) is 44.2 Å². The van der Waals surface area contributed by atoms with Crippen molar-refractivity contribution in [1.82, 2.24) is 10.2 Å². The standard InChI is InChI=1S/C15H22N2O2/c1-12-10-17(7-6-16-12)11-13-4-2-5-14-15(13)19-9-3-8-18-14/h2,4-5,12,16H,3,6-11H2,1H3/t12-/m1/s1. The van der Waals surface area contributed by atoms with Crippen LogP contribution in [0.4, 0.5) is 0 Å². The van der Waals surface area contributed by atoms with Crippen molar-refractivity contribution in [2.45, 2.75) is 25.9 Å². The molecule has 0 unspecified atom stereocenters. The normalized spacial score (nSPS) is 23.9. The largest absolute Gasteiger partial charge is 0.490 e. The van der Waals surface area contributed by atoms with Crippen molar-refractivity contribution in [3.63, 3.8) is 0 Å². The molecule has 19 heavy (non-hydrogen) atoms. The van der Waals surface area contributed by atoms with E-state index in [9.17, 15) is 0 Å². The lowest BCUT2D eigenvalue weighted by molar-refractivity contribution is 0.196. The zero-order valence-electron chi connectivity index (χ0n) is 11.5. The van der Waals surface area contributed by atoms with Gasteiger partial charge in [-0.2, -0.15) is 0 Å². The Hall–Kier alpha value is -1.26. The van der Waals surface area contributed by atoms with Gasteiger partial charge in [0.05, 0.1) is 13.2 Å². The maximum Gasteiger partial charge on any atom is 0.165 e. The summed E-state index contributed by atoms with van der Waals surface area (Å²) in [5.74, 6) is 1.85. The van der Waals surface area contributed by atoms with Gasteiger partial charge in [0.2, 0.25) is 0 Å². The first-order valence-electron chi connectivity index (χ1n) is 7.16. The fourth-order valence-corrected chi connectivity index (χ4v) is 2.78. The summed E-state index contributed by atoms with van der Waals surface area (Å²) >= 11 is 0. The third-order valence-electron chi connectivity index (χ3n) is 3.70. The van der Waals surface area contributed by atoms with Crippen molar-refractivity contribution >= 4 is 0 Å². The average Bonchev–Trinajstić information content (AvgIpc) is 2.65. The summed E-state index contributed by atoms with van der Waals surface area (Å²) in [6, 6.07) is 6.78. The minimum Gasteiger partial charge on any atom is -0.490 e. The second-order valence-corrected chi connectivity index (χ2v) is 5.39. The molecule has 0 saturated carbocycles. The average molecular weight is 262 g/mol. The highest BCUT2D eigenvalue weighted by Crippen LogP contribution is 2.34. The van der Waals surface area contributed by atoms with Crippen LogP contribution in [-0.4, -0.2) is 43.8 Å². The van der Waals surface area contributed by atoms with Crippen LogP contribution >= 0.6 is 0 Å². The van der Waals surface area contributed by atoms with Gasteiger partial charge in [0.1, 0.15) is 0 Å². The monoisotopic (exact) mass is 262 g/mol. The Labute approximate surface area is 114 Å². The molecule has 1 aromatic carbocycles. The van der Waals surface area contributed by atoms with Gasteiger partial charge in [0.15, 0.2) is 11.5 Å². The Balaban J connectivity index is 1.77. The van der Waals surface area contributed by atoms with Crippen LogP contribution in [0.25, 0.3) is 0 Å². The van der Waals surface area contributed by atoms with Crippen LogP contribution in [0.15, 0.2) is 18.2 Å². The maximum absolute atomic E-state index is 5.88. The molecule has 1 saturated heterocycles. The summed E-state index contributed by atoms with van der Waals surface area (Å²) in [4.78, 5) is 2.48. The number of nitrogens with one attached hydrogen (secondary N) is 1. The number of piperazine rings is 1. The summed E-state index contributed by atoms with van der Waals surface area (Å²) in [5, 5.41) is 3.47. The second-order valence-electron chi connectivity index (χ2n) is 5.39. The van der Waals surface area contributed by atoms with Crippen LogP contribution in [0.5, 0.6) is 11.5 Å². The Morgan fingerprint density at radius 3 is 3.11 bits per heavy atom. The van der Waals surface area contributed by atoms with Gasteiger partial charge in [0.25, 0.3) is 0 Å². The molecule has 0 aromatic heterocycles. The van der Waals surface area contributed by atoms with Crippen molar-refractivity contribution in [2.24, 2.45) is 0 Å². The predicted molar refractivity (Wildman–Crippen MR) is 74.8 cm³/mol. The molecule has 1 N–H and O–H groups in total. The molecule has 2 aliphatic rings. The van der Waals surface area contributed by atoms with Crippen molar-refractivity contribution < 1.29 is 9.47 Å². The van der Waals surface area contributed by atoms with E-state index in [0.717, 1.165) is 57.3 Å². The lowest BCUT2D eigenvalue weighted by Gasteiger charge is -2.32. The van der Waals surface area contributed by atoms with E-state index in [1.54, 1.807) is 0 Å². The van der Waals surface area contributed by atoms with Crippen molar-refractivity contribution in [1.29, 1.82) is 0 Å². The SMILES string of the molecule is C[C@@H]1CN(Cc2cccc3c2OCCCO3)CCN1. The van der Waals surface area contributed by atoms with E-state index in [1.165, 1.54) is 5.56 Å². The van der Waals surface area contributed by atoms with Gasteiger partial charge in [-0.05, 0) is 13.0 Å². The van der Waals surface area contributed by atoms with Gasteiger partial charge >= 0.3 is 0 Å². The highest BCUT2D eigenvalue weighted by atomic mass is 16.5. The van der Waals surface area contributed by atoms with Gasteiger partial charge in [-0.1, -0.05) is 12.1 Å². The molecule has 0 radical (unpaired) electrons. The van der Waals surface area contributed by atoms with Gasteiger partial charge < -0.3 is 14.8 Å². The predicted octanol–water partition coefficient (Wildman–Crippen LogP) is 1.64. The fraction of sp³-hybridized carbons (Fsp3) is 0.600. The second kappa shape index (κ2) is 5.80. The van der Waals surface area contributed by atoms with Crippen molar-refractivity contribution in [2.75, 3.05) is 32.8 Å². The Morgan fingerprint density at radius 2 is 2.21 bits per heavy atom. The lowest BCUT2D eigenvalue weighted by atomic mass is 10.1. The van der Waals surface area contributed by atoms with Crippen molar-refractivity contribution in [3.8, 4) is 11.5 Å². The Bertz CT molecular complexity index is 436. The summed E-state index contributed by atoms with van der Waals surface area (Å²) in [7, 11) is 0. The molecular formula is C15H22N2O2. The zero-order chi connectivity index (χ0) is 13.1. The number of nitrogens with zero attached hydrogens (tertiary/aromatic N) is 1. The number of fused-ring (bicyclic) bond motifs is 1. The number of hydrogen-bond acceptors (Lipinski definition) is 4. The molecular weight excluding hydrogens is 240 g/mol. The molecule has 0 amide bonds. The molecule has 2 aliphatic heterocycles. The summed E-state index contributed by atoms with van der Waals surface area (Å²) < 4.78 is 11.6. The number of para-hydroxylation sites is 1. The smallest absolute Gasteiger partial charge is 0.165 e. The molecule has 1 fully saturated rings.